The van der Waals surface area contributed by atoms with Crippen LogP contribution in [0.15, 0.2) is 54.1 Å². The first kappa shape index (κ1) is 20.1. The van der Waals surface area contributed by atoms with Crippen molar-refractivity contribution < 1.29 is 19.0 Å². The van der Waals surface area contributed by atoms with E-state index >= 15 is 0 Å². The van der Waals surface area contributed by atoms with Gasteiger partial charge in [0, 0.05) is 0 Å². The number of hydrogen-bond donors (Lipinski definition) is 0. The van der Waals surface area contributed by atoms with Crippen LogP contribution < -0.4 is 9.47 Å². The molecule has 0 aliphatic carbocycles. The summed E-state index contributed by atoms with van der Waals surface area (Å²) in [5.74, 6) is 0.519. The largest absolute Gasteiger partial charge is 0.490 e. The molecular formula is C22H23NO4. The maximum absolute atomic E-state index is 12.2. The fourth-order valence-electron chi connectivity index (χ4n) is 2.34. The molecule has 0 amide bonds. The zero-order valence-corrected chi connectivity index (χ0v) is 15.8. The number of hydrogen-bond acceptors (Lipinski definition) is 5. The number of benzene rings is 2. The third kappa shape index (κ3) is 6.19. The van der Waals surface area contributed by atoms with Crippen molar-refractivity contribution in [1.82, 2.24) is 0 Å². The van der Waals surface area contributed by atoms with Crippen molar-refractivity contribution in [3.63, 3.8) is 0 Å². The lowest BCUT2D eigenvalue weighted by Gasteiger charge is -2.15. The highest BCUT2D eigenvalue weighted by Crippen LogP contribution is 2.30. The molecule has 0 spiro atoms. The van der Waals surface area contributed by atoms with Crippen LogP contribution in [-0.4, -0.2) is 18.7 Å². The quantitative estimate of drug-likeness (QED) is 0.391. The maximum atomic E-state index is 12.2. The lowest BCUT2D eigenvalue weighted by atomic mass is 10.1. The zero-order valence-electron chi connectivity index (χ0n) is 15.8. The van der Waals surface area contributed by atoms with Gasteiger partial charge in [-0.15, -0.1) is 0 Å². The number of nitrogens with zero attached hydrogens (tertiary/aromatic N) is 1. The third-order valence-corrected chi connectivity index (χ3v) is 3.49. The number of rotatable bonds is 8. The minimum atomic E-state index is -0.665. The van der Waals surface area contributed by atoms with Gasteiger partial charge < -0.3 is 14.2 Å². The molecule has 5 heteroatoms. The summed E-state index contributed by atoms with van der Waals surface area (Å²) in [7, 11) is 0. The van der Waals surface area contributed by atoms with E-state index in [0.717, 1.165) is 5.56 Å². The molecular weight excluding hydrogens is 342 g/mol. The molecule has 0 bridgehead atoms. The molecule has 0 saturated heterocycles. The van der Waals surface area contributed by atoms with Crippen molar-refractivity contribution in [3.8, 4) is 17.6 Å². The van der Waals surface area contributed by atoms with Gasteiger partial charge in [0.15, 0.2) is 11.5 Å². The monoisotopic (exact) mass is 365 g/mol. The van der Waals surface area contributed by atoms with Crippen molar-refractivity contribution in [2.24, 2.45) is 0 Å². The first-order chi connectivity index (χ1) is 13.0. The average molecular weight is 365 g/mol. The first-order valence-electron chi connectivity index (χ1n) is 8.79. The van der Waals surface area contributed by atoms with Gasteiger partial charge in [0.2, 0.25) is 0 Å². The molecule has 27 heavy (non-hydrogen) atoms. The summed E-state index contributed by atoms with van der Waals surface area (Å²) in [6.07, 6.45) is 1.49. The van der Waals surface area contributed by atoms with E-state index in [-0.39, 0.29) is 18.3 Å². The molecule has 0 aliphatic heterocycles. The van der Waals surface area contributed by atoms with Crippen LogP contribution in [0.25, 0.3) is 6.08 Å². The topological polar surface area (TPSA) is 68.5 Å². The van der Waals surface area contributed by atoms with Crippen LogP contribution >= 0.6 is 0 Å². The van der Waals surface area contributed by atoms with Gasteiger partial charge in [-0.2, -0.15) is 5.26 Å². The molecule has 0 fully saturated rings. The van der Waals surface area contributed by atoms with E-state index in [2.05, 4.69) is 0 Å². The maximum Gasteiger partial charge on any atom is 0.349 e. The minimum absolute atomic E-state index is 0.00762. The Morgan fingerprint density at radius 1 is 1.15 bits per heavy atom. The zero-order chi connectivity index (χ0) is 19.6. The van der Waals surface area contributed by atoms with Gasteiger partial charge in [-0.3, -0.25) is 0 Å². The Bertz CT molecular complexity index is 835. The van der Waals surface area contributed by atoms with Gasteiger partial charge in [0.1, 0.15) is 18.2 Å². The molecule has 0 unspecified atom stereocenters. The summed E-state index contributed by atoms with van der Waals surface area (Å²) >= 11 is 0. The number of ether oxygens (including phenoxy) is 3. The van der Waals surface area contributed by atoms with E-state index in [4.69, 9.17) is 14.2 Å². The van der Waals surface area contributed by atoms with E-state index in [1.165, 1.54) is 6.08 Å². The second-order valence-corrected chi connectivity index (χ2v) is 6.04. The summed E-state index contributed by atoms with van der Waals surface area (Å²) in [5.41, 5.74) is 1.44. The van der Waals surface area contributed by atoms with Crippen LogP contribution in [0, 0.1) is 11.3 Å². The molecule has 2 aromatic rings. The molecule has 0 N–H and O–H groups in total. The molecule has 5 nitrogen and oxygen atoms in total. The Labute approximate surface area is 159 Å². The molecule has 0 radical (unpaired) electrons. The Hall–Kier alpha value is -3.26. The third-order valence-electron chi connectivity index (χ3n) is 3.49. The van der Waals surface area contributed by atoms with Crippen molar-refractivity contribution in [1.29, 1.82) is 5.26 Å². The number of nitriles is 1. The van der Waals surface area contributed by atoms with E-state index < -0.39 is 5.97 Å². The van der Waals surface area contributed by atoms with Crippen molar-refractivity contribution >= 4 is 12.0 Å². The van der Waals surface area contributed by atoms with Crippen LogP contribution in [0.2, 0.25) is 0 Å². The van der Waals surface area contributed by atoms with Gasteiger partial charge in [0.25, 0.3) is 0 Å². The minimum Gasteiger partial charge on any atom is -0.490 e. The Balaban J connectivity index is 2.16. The van der Waals surface area contributed by atoms with Gasteiger partial charge in [-0.1, -0.05) is 36.4 Å². The number of carbonyl (C=O) groups excluding carboxylic acids is 1. The molecule has 2 rings (SSSR count). The molecule has 0 aromatic heterocycles. The highest BCUT2D eigenvalue weighted by Gasteiger charge is 2.13. The molecule has 0 atom stereocenters. The SMILES string of the molecule is CCOc1cc(C=C(C#N)C(=O)OCc2ccccc2)ccc1OC(C)C. The lowest BCUT2D eigenvalue weighted by Crippen LogP contribution is -2.08. The van der Waals surface area contributed by atoms with Gasteiger partial charge in [0.05, 0.1) is 12.7 Å². The normalized spacial score (nSPS) is 11.0. The van der Waals surface area contributed by atoms with Crippen molar-refractivity contribution in [3.05, 3.63) is 65.2 Å². The van der Waals surface area contributed by atoms with E-state index in [1.807, 2.05) is 57.2 Å². The first-order valence-corrected chi connectivity index (χ1v) is 8.79. The van der Waals surface area contributed by atoms with Gasteiger partial charge in [-0.25, -0.2) is 4.79 Å². The van der Waals surface area contributed by atoms with E-state index in [0.29, 0.717) is 23.7 Å². The standard InChI is InChI=1S/C22H23NO4/c1-4-25-21-13-18(10-11-20(21)27-16(2)3)12-19(14-23)22(24)26-15-17-8-6-5-7-9-17/h5-13,16H,4,15H2,1-3H3. The van der Waals surface area contributed by atoms with Crippen molar-refractivity contribution in [2.45, 2.75) is 33.5 Å². The van der Waals surface area contributed by atoms with Crippen LogP contribution in [-0.2, 0) is 16.1 Å². The van der Waals surface area contributed by atoms with Gasteiger partial charge in [-0.05, 0) is 50.1 Å². The Morgan fingerprint density at radius 3 is 2.52 bits per heavy atom. The Kier molecular flexibility index (Phi) is 7.45. The van der Waals surface area contributed by atoms with Gasteiger partial charge >= 0.3 is 5.97 Å². The highest BCUT2D eigenvalue weighted by molar-refractivity contribution is 5.97. The lowest BCUT2D eigenvalue weighted by molar-refractivity contribution is -0.139. The van der Waals surface area contributed by atoms with Crippen LogP contribution in [0.5, 0.6) is 11.5 Å². The molecule has 0 aliphatic rings. The molecule has 140 valence electrons. The smallest absolute Gasteiger partial charge is 0.349 e. The second-order valence-electron chi connectivity index (χ2n) is 6.04. The fourth-order valence-corrected chi connectivity index (χ4v) is 2.34. The summed E-state index contributed by atoms with van der Waals surface area (Å²) in [6.45, 7) is 6.33. The van der Waals surface area contributed by atoms with Crippen LogP contribution in [0.4, 0.5) is 0 Å². The van der Waals surface area contributed by atoms with Crippen LogP contribution in [0.3, 0.4) is 0 Å². The fraction of sp³-hybridized carbons (Fsp3) is 0.273. The Morgan fingerprint density at radius 2 is 1.89 bits per heavy atom. The number of esters is 1. The van der Waals surface area contributed by atoms with E-state index in [1.54, 1.807) is 18.2 Å². The van der Waals surface area contributed by atoms with Crippen molar-refractivity contribution in [2.75, 3.05) is 6.61 Å². The molecule has 0 saturated carbocycles. The second kappa shape index (κ2) is 10.0. The highest BCUT2D eigenvalue weighted by atomic mass is 16.5. The molecule has 0 heterocycles. The van der Waals surface area contributed by atoms with E-state index in [9.17, 15) is 10.1 Å². The summed E-state index contributed by atoms with van der Waals surface area (Å²) in [5, 5.41) is 9.33. The van der Waals surface area contributed by atoms with Crippen LogP contribution in [0.1, 0.15) is 31.9 Å². The predicted molar refractivity (Wildman–Crippen MR) is 103 cm³/mol. The predicted octanol–water partition coefficient (Wildman–Crippen LogP) is 4.52. The summed E-state index contributed by atoms with van der Waals surface area (Å²) in [6, 6.07) is 16.5. The number of carbonyl (C=O) groups is 1. The molecule has 2 aromatic carbocycles. The average Bonchev–Trinajstić information content (AvgIpc) is 2.66. The summed E-state index contributed by atoms with van der Waals surface area (Å²) in [4.78, 5) is 12.2. The summed E-state index contributed by atoms with van der Waals surface area (Å²) < 4.78 is 16.5.